The molecule has 0 atom stereocenters. The summed E-state index contributed by atoms with van der Waals surface area (Å²) in [4.78, 5) is 22.4. The van der Waals surface area contributed by atoms with Crippen LogP contribution in [0.5, 0.6) is 0 Å². The third-order valence-electron chi connectivity index (χ3n) is 2.70. The highest BCUT2D eigenvalue weighted by molar-refractivity contribution is 6.31. The van der Waals surface area contributed by atoms with Gasteiger partial charge in [0.2, 0.25) is 0 Å². The van der Waals surface area contributed by atoms with E-state index < -0.39 is 34.1 Å². The van der Waals surface area contributed by atoms with E-state index >= 15 is 0 Å². The Bertz CT molecular complexity index is 547. The Hall–Kier alpha value is -1.69. The summed E-state index contributed by atoms with van der Waals surface area (Å²) in [5.41, 5.74) is -1.23. The standard InChI is InChI=1S/C13H14ClF2NO3/c1-13(2,6-5-9(18)19)17-12(20)7-3-4-8(15)10(14)11(7)16/h3-4H,5-6H2,1-2H3,(H,17,20)(H,18,19). The summed E-state index contributed by atoms with van der Waals surface area (Å²) in [6.07, 6.45) is 0.0323. The number of aliphatic carboxylic acids is 1. The van der Waals surface area contributed by atoms with Gasteiger partial charge in [-0.25, -0.2) is 8.78 Å². The molecule has 1 aromatic carbocycles. The van der Waals surface area contributed by atoms with Crippen LogP contribution in [0.4, 0.5) is 8.78 Å². The molecule has 1 aromatic rings. The van der Waals surface area contributed by atoms with Gasteiger partial charge in [-0.1, -0.05) is 11.6 Å². The fourth-order valence-corrected chi connectivity index (χ4v) is 1.72. The van der Waals surface area contributed by atoms with Crippen LogP contribution in [-0.4, -0.2) is 22.5 Å². The molecule has 20 heavy (non-hydrogen) atoms. The minimum absolute atomic E-state index is 0.139. The molecule has 1 rings (SSSR count). The third-order valence-corrected chi connectivity index (χ3v) is 3.04. The first-order valence-electron chi connectivity index (χ1n) is 5.82. The van der Waals surface area contributed by atoms with Gasteiger partial charge >= 0.3 is 5.97 Å². The van der Waals surface area contributed by atoms with Crippen molar-refractivity contribution in [2.24, 2.45) is 0 Å². The van der Waals surface area contributed by atoms with E-state index in [-0.39, 0.29) is 18.4 Å². The van der Waals surface area contributed by atoms with Gasteiger partial charge in [0.25, 0.3) is 5.91 Å². The molecule has 0 spiro atoms. The van der Waals surface area contributed by atoms with Crippen molar-refractivity contribution in [3.05, 3.63) is 34.4 Å². The maximum atomic E-state index is 13.7. The number of hydrogen-bond donors (Lipinski definition) is 2. The maximum absolute atomic E-state index is 13.7. The molecular weight excluding hydrogens is 292 g/mol. The summed E-state index contributed by atoms with van der Waals surface area (Å²) in [7, 11) is 0. The molecule has 2 N–H and O–H groups in total. The molecule has 0 aliphatic carbocycles. The number of benzene rings is 1. The summed E-state index contributed by atoms with van der Waals surface area (Å²) in [6.45, 7) is 3.22. The van der Waals surface area contributed by atoms with Crippen LogP contribution in [0, 0.1) is 11.6 Å². The van der Waals surface area contributed by atoms with Crippen molar-refractivity contribution in [2.45, 2.75) is 32.2 Å². The van der Waals surface area contributed by atoms with E-state index in [0.29, 0.717) is 0 Å². The second-order valence-corrected chi connectivity index (χ2v) is 5.33. The molecule has 0 saturated heterocycles. The van der Waals surface area contributed by atoms with E-state index in [2.05, 4.69) is 5.32 Å². The highest BCUT2D eigenvalue weighted by Crippen LogP contribution is 2.22. The molecule has 0 unspecified atom stereocenters. The van der Waals surface area contributed by atoms with Crippen molar-refractivity contribution in [2.75, 3.05) is 0 Å². The lowest BCUT2D eigenvalue weighted by atomic mass is 9.97. The third kappa shape index (κ3) is 4.16. The largest absolute Gasteiger partial charge is 0.481 e. The number of hydrogen-bond acceptors (Lipinski definition) is 2. The lowest BCUT2D eigenvalue weighted by Crippen LogP contribution is -2.44. The first-order chi connectivity index (χ1) is 9.14. The number of nitrogens with one attached hydrogen (secondary N) is 1. The minimum atomic E-state index is -1.14. The van der Waals surface area contributed by atoms with Gasteiger partial charge in [-0.2, -0.15) is 0 Å². The first-order valence-corrected chi connectivity index (χ1v) is 6.19. The van der Waals surface area contributed by atoms with Gasteiger partial charge < -0.3 is 10.4 Å². The zero-order valence-electron chi connectivity index (χ0n) is 11.0. The Labute approximate surface area is 119 Å². The van der Waals surface area contributed by atoms with E-state index in [1.54, 1.807) is 13.8 Å². The first kappa shape index (κ1) is 16.4. The Morgan fingerprint density at radius 3 is 2.50 bits per heavy atom. The van der Waals surface area contributed by atoms with Gasteiger partial charge in [0, 0.05) is 12.0 Å². The fraction of sp³-hybridized carbons (Fsp3) is 0.385. The monoisotopic (exact) mass is 305 g/mol. The van der Waals surface area contributed by atoms with Crippen LogP contribution in [0.1, 0.15) is 37.0 Å². The zero-order valence-corrected chi connectivity index (χ0v) is 11.7. The van der Waals surface area contributed by atoms with Crippen LogP contribution >= 0.6 is 11.6 Å². The minimum Gasteiger partial charge on any atom is -0.481 e. The predicted octanol–water partition coefficient (Wildman–Crippen LogP) is 2.99. The average Bonchev–Trinajstić information content (AvgIpc) is 2.33. The number of rotatable bonds is 5. The molecule has 110 valence electrons. The van der Waals surface area contributed by atoms with Crippen molar-refractivity contribution in [1.82, 2.24) is 5.32 Å². The van der Waals surface area contributed by atoms with E-state index in [0.717, 1.165) is 12.1 Å². The summed E-state index contributed by atoms with van der Waals surface area (Å²) in [5, 5.41) is 10.4. The van der Waals surface area contributed by atoms with Crippen molar-refractivity contribution in [3.8, 4) is 0 Å². The van der Waals surface area contributed by atoms with Crippen LogP contribution in [0.2, 0.25) is 5.02 Å². The topological polar surface area (TPSA) is 66.4 Å². The number of carbonyl (C=O) groups is 2. The summed E-state index contributed by atoms with van der Waals surface area (Å²) >= 11 is 5.39. The Morgan fingerprint density at radius 1 is 1.35 bits per heavy atom. The predicted molar refractivity (Wildman–Crippen MR) is 69.8 cm³/mol. The number of halogens is 3. The highest BCUT2D eigenvalue weighted by atomic mass is 35.5. The van der Waals surface area contributed by atoms with Crippen molar-refractivity contribution in [1.29, 1.82) is 0 Å². The van der Waals surface area contributed by atoms with Gasteiger partial charge in [0.15, 0.2) is 5.82 Å². The molecule has 1 amide bonds. The van der Waals surface area contributed by atoms with Gasteiger partial charge in [-0.3, -0.25) is 9.59 Å². The van der Waals surface area contributed by atoms with E-state index in [9.17, 15) is 18.4 Å². The molecule has 0 bridgehead atoms. The summed E-state index contributed by atoms with van der Waals surface area (Å²) < 4.78 is 26.7. The smallest absolute Gasteiger partial charge is 0.303 e. The Kier molecular flexibility index (Phi) is 5.05. The highest BCUT2D eigenvalue weighted by Gasteiger charge is 2.25. The Morgan fingerprint density at radius 2 is 1.95 bits per heavy atom. The van der Waals surface area contributed by atoms with Crippen molar-refractivity contribution >= 4 is 23.5 Å². The molecule has 0 saturated carbocycles. The zero-order chi connectivity index (χ0) is 15.5. The molecular formula is C13H14ClF2NO3. The van der Waals surface area contributed by atoms with Crippen molar-refractivity contribution in [3.63, 3.8) is 0 Å². The molecule has 7 heteroatoms. The number of carbonyl (C=O) groups excluding carboxylic acids is 1. The van der Waals surface area contributed by atoms with E-state index in [1.165, 1.54) is 0 Å². The molecule has 0 aliphatic heterocycles. The number of carboxylic acid groups (broad SMARTS) is 1. The molecule has 0 radical (unpaired) electrons. The second-order valence-electron chi connectivity index (χ2n) is 4.95. The quantitative estimate of drug-likeness (QED) is 0.822. The van der Waals surface area contributed by atoms with E-state index in [4.69, 9.17) is 16.7 Å². The van der Waals surface area contributed by atoms with Gasteiger partial charge in [-0.05, 0) is 32.4 Å². The lowest BCUT2D eigenvalue weighted by Gasteiger charge is -2.25. The molecule has 0 aliphatic rings. The van der Waals surface area contributed by atoms with Crippen molar-refractivity contribution < 1.29 is 23.5 Å². The molecule has 0 heterocycles. The number of carboxylic acids is 1. The van der Waals surface area contributed by atoms with Crippen LogP contribution in [0.3, 0.4) is 0 Å². The van der Waals surface area contributed by atoms with Crippen LogP contribution < -0.4 is 5.32 Å². The van der Waals surface area contributed by atoms with Crippen LogP contribution in [0.15, 0.2) is 12.1 Å². The second kappa shape index (κ2) is 6.17. The SMILES string of the molecule is CC(C)(CCC(=O)O)NC(=O)c1ccc(F)c(Cl)c1F. The van der Waals surface area contributed by atoms with Gasteiger partial charge in [0.05, 0.1) is 5.56 Å². The normalized spacial score (nSPS) is 11.2. The van der Waals surface area contributed by atoms with E-state index in [1.807, 2.05) is 0 Å². The summed E-state index contributed by atoms with van der Waals surface area (Å²) in [5.74, 6) is -3.87. The maximum Gasteiger partial charge on any atom is 0.303 e. The summed E-state index contributed by atoms with van der Waals surface area (Å²) in [6, 6.07) is 1.88. The lowest BCUT2D eigenvalue weighted by molar-refractivity contribution is -0.137. The molecule has 0 fully saturated rings. The van der Waals surface area contributed by atoms with Gasteiger partial charge in [-0.15, -0.1) is 0 Å². The number of amides is 1. The average molecular weight is 306 g/mol. The molecule has 0 aromatic heterocycles. The van der Waals surface area contributed by atoms with Gasteiger partial charge in [0.1, 0.15) is 10.8 Å². The fourth-order valence-electron chi connectivity index (χ4n) is 1.56. The Balaban J connectivity index is 2.86. The molecule has 4 nitrogen and oxygen atoms in total. The van der Waals surface area contributed by atoms with Crippen LogP contribution in [-0.2, 0) is 4.79 Å². The van der Waals surface area contributed by atoms with Crippen LogP contribution in [0.25, 0.3) is 0 Å².